The van der Waals surface area contributed by atoms with Crippen molar-refractivity contribution in [2.75, 3.05) is 121 Å². The van der Waals surface area contributed by atoms with Crippen LogP contribution < -0.4 is 51.3 Å². The van der Waals surface area contributed by atoms with Crippen molar-refractivity contribution in [3.05, 3.63) is 55.6 Å². The van der Waals surface area contributed by atoms with Gasteiger partial charge >= 0.3 is 0 Å². The predicted molar refractivity (Wildman–Crippen MR) is 270 cm³/mol. The molecule has 0 spiro atoms. The molecule has 32 heteroatoms. The maximum Gasteiger partial charge on any atom is 0.300 e. The normalized spacial score (nSPS) is 12.5. The van der Waals surface area contributed by atoms with Crippen molar-refractivity contribution >= 4 is 137 Å². The minimum absolute atomic E-state index is 0.0562. The monoisotopic (exact) mass is 1120 g/mol. The Morgan fingerprint density at radius 2 is 0.943 bits per heavy atom. The van der Waals surface area contributed by atoms with Gasteiger partial charge in [-0.05, 0) is 47.5 Å². The van der Waals surface area contributed by atoms with E-state index in [1.165, 1.54) is 24.3 Å². The minimum Gasteiger partial charge on any atom is -0.450 e. The number of nitrogens with one attached hydrogen (secondary N) is 4. The molecular formula is C38H42Cl4N14O10S4. The molecule has 0 amide bonds. The smallest absolute Gasteiger partial charge is 0.300 e. The van der Waals surface area contributed by atoms with E-state index in [1.807, 2.05) is 0 Å². The van der Waals surface area contributed by atoms with Gasteiger partial charge in [0.2, 0.25) is 34.4 Å². The van der Waals surface area contributed by atoms with Gasteiger partial charge < -0.3 is 50.8 Å². The number of benzene rings is 3. The quantitative estimate of drug-likeness (QED) is 0.0302. The van der Waals surface area contributed by atoms with Crippen LogP contribution in [0.3, 0.4) is 0 Å². The van der Waals surface area contributed by atoms with Gasteiger partial charge in [-0.1, -0.05) is 23.2 Å². The van der Waals surface area contributed by atoms with Crippen molar-refractivity contribution in [1.29, 1.82) is 0 Å². The second kappa shape index (κ2) is 23.2. The fourth-order valence-electron chi connectivity index (χ4n) is 6.58. The number of aliphatic hydroxyl groups is 2. The number of halogens is 4. The Kier molecular flexibility index (Phi) is 17.6. The van der Waals surface area contributed by atoms with Gasteiger partial charge in [-0.2, -0.15) is 70.3 Å². The molecule has 4 heterocycles. The van der Waals surface area contributed by atoms with Crippen LogP contribution in [0.15, 0.2) is 44.0 Å². The molecule has 70 heavy (non-hydrogen) atoms. The van der Waals surface area contributed by atoms with Crippen molar-refractivity contribution in [3.63, 3.8) is 0 Å². The van der Waals surface area contributed by atoms with Crippen LogP contribution in [-0.4, -0.2) is 156 Å². The Morgan fingerprint density at radius 3 is 1.31 bits per heavy atom. The van der Waals surface area contributed by atoms with E-state index in [-0.39, 0.29) is 117 Å². The topological polar surface area (TPSA) is 324 Å². The van der Waals surface area contributed by atoms with Crippen molar-refractivity contribution in [3.8, 4) is 23.0 Å². The third kappa shape index (κ3) is 12.7. The molecule has 2 aliphatic rings. The highest BCUT2D eigenvalue weighted by atomic mass is 35.5. The zero-order valence-electron chi connectivity index (χ0n) is 36.7. The second-order valence-corrected chi connectivity index (χ2v) is 21.2. The molecule has 2 aliphatic heterocycles. The molecule has 0 bridgehead atoms. The lowest BCUT2D eigenvalue weighted by Gasteiger charge is -2.24. The largest absolute Gasteiger partial charge is 0.450 e. The van der Waals surface area contributed by atoms with Gasteiger partial charge in [-0.3, -0.25) is 9.11 Å². The van der Waals surface area contributed by atoms with Crippen molar-refractivity contribution < 1.29 is 45.6 Å². The number of rotatable bonds is 24. The molecule has 3 aromatic carbocycles. The molecule has 7 rings (SSSR count). The molecule has 0 fully saturated rings. The molecule has 5 aromatic rings. The lowest BCUT2D eigenvalue weighted by atomic mass is 10.2. The van der Waals surface area contributed by atoms with Gasteiger partial charge in [0, 0.05) is 76.4 Å². The number of aliphatic hydroxyl groups excluding tert-OH is 2. The van der Waals surface area contributed by atoms with Crippen LogP contribution in [-0.2, 0) is 20.2 Å². The Balaban J connectivity index is 1.08. The van der Waals surface area contributed by atoms with Crippen LogP contribution in [0.2, 0.25) is 20.6 Å². The van der Waals surface area contributed by atoms with Gasteiger partial charge in [0.05, 0.1) is 24.6 Å². The van der Waals surface area contributed by atoms with Crippen LogP contribution in [0.4, 0.5) is 46.5 Å². The molecule has 0 unspecified atom stereocenters. The standard InChI is InChI=1S/C38H42Cl4N14O10S4/c1-55(11-15-67-17-13-57)37-51-33(41)49-35(53-37)45-9-7-43-21-5-3-19-27(31(21)69(59,60)61)65-29-23(39)26-30(24(40)25(29)47-19)66-28-20(48-26)4-6-22(32(28)70(62,63)64)44-8-10-46-36-50-34(42)52-38(54-36)56(2)12-16-68-18-14-58/h3-6,43-44,57-58H,7-18H2,1-2H3,(H,59,60,61)(H,62,63,64)(H,45,49,51,53)(H,46,50,52,54). The van der Waals surface area contributed by atoms with Gasteiger partial charge in [0.15, 0.2) is 32.8 Å². The molecule has 0 saturated carbocycles. The zero-order chi connectivity index (χ0) is 50.3. The van der Waals surface area contributed by atoms with Gasteiger partial charge in [-0.25, -0.2) is 9.98 Å². The Labute approximate surface area is 428 Å². The maximum atomic E-state index is 13.0. The third-order valence-corrected chi connectivity index (χ3v) is 14.5. The number of thioether (sulfide) groups is 2. The van der Waals surface area contributed by atoms with E-state index in [0.717, 1.165) is 0 Å². The molecule has 0 aliphatic carbocycles. The number of anilines is 6. The highest BCUT2D eigenvalue weighted by Gasteiger charge is 2.34. The summed E-state index contributed by atoms with van der Waals surface area (Å²) in [5.74, 6) is 2.23. The van der Waals surface area contributed by atoms with E-state index in [4.69, 9.17) is 66.1 Å². The van der Waals surface area contributed by atoms with Crippen molar-refractivity contribution in [1.82, 2.24) is 29.9 Å². The van der Waals surface area contributed by atoms with Gasteiger partial charge in [-0.15, -0.1) is 0 Å². The van der Waals surface area contributed by atoms with E-state index in [0.29, 0.717) is 48.0 Å². The summed E-state index contributed by atoms with van der Waals surface area (Å²) >= 11 is 29.1. The first-order valence-electron chi connectivity index (χ1n) is 20.6. The Morgan fingerprint density at radius 1 is 0.557 bits per heavy atom. The lowest BCUT2D eigenvalue weighted by molar-refractivity contribution is 0.322. The summed E-state index contributed by atoms with van der Waals surface area (Å²) in [7, 11) is -6.46. The van der Waals surface area contributed by atoms with E-state index in [9.17, 15) is 25.9 Å². The number of hydrogen-bond acceptors (Lipinski definition) is 24. The van der Waals surface area contributed by atoms with Crippen LogP contribution in [0.5, 0.6) is 23.0 Å². The van der Waals surface area contributed by atoms with E-state index >= 15 is 0 Å². The number of nitrogens with zero attached hydrogens (tertiary/aromatic N) is 10. The predicted octanol–water partition coefficient (Wildman–Crippen LogP) is 4.65. The fourth-order valence-corrected chi connectivity index (χ4v) is 10.5. The first-order chi connectivity index (χ1) is 33.4. The SMILES string of the molecule is CN(CCSCCO)c1nc(Cl)nc(NCCNc2ccc3c(c2S(=O)(=O)O)Oc2c(Cl)c4c(c(Cl)c2=N3)Oc2c(ccc(NCCNc3nc(Cl)nc(N(C)CCSCCO)n3)c2S(=O)(=O)O)N=4)n1. The minimum atomic E-state index is -5.01. The summed E-state index contributed by atoms with van der Waals surface area (Å²) in [6, 6.07) is 5.49. The summed E-state index contributed by atoms with van der Waals surface area (Å²) in [5, 5.41) is 29.0. The third-order valence-electron chi connectivity index (χ3n) is 9.75. The molecule has 2 aromatic heterocycles. The average molecular weight is 1120 g/mol. The van der Waals surface area contributed by atoms with E-state index in [2.05, 4.69) is 61.2 Å². The Hall–Kier alpha value is -4.72. The van der Waals surface area contributed by atoms with Gasteiger partial charge in [0.25, 0.3) is 20.2 Å². The van der Waals surface area contributed by atoms with Crippen molar-refractivity contribution in [2.45, 2.75) is 9.79 Å². The van der Waals surface area contributed by atoms with E-state index < -0.39 is 41.5 Å². The molecule has 0 saturated heterocycles. The van der Waals surface area contributed by atoms with E-state index in [1.54, 1.807) is 47.4 Å². The molecule has 0 radical (unpaired) electrons. The van der Waals surface area contributed by atoms with Crippen LogP contribution in [0, 0.1) is 0 Å². The number of aromatic nitrogens is 6. The molecule has 8 N–H and O–H groups in total. The van der Waals surface area contributed by atoms with Crippen LogP contribution in [0.25, 0.3) is 0 Å². The number of fused-ring (bicyclic) bond motifs is 4. The Bertz CT molecular complexity index is 2930. The first kappa shape index (κ1) is 53.1. The van der Waals surface area contributed by atoms with Crippen LogP contribution >= 0.6 is 69.9 Å². The summed E-state index contributed by atoms with van der Waals surface area (Å²) < 4.78 is 85.0. The molecule has 0 atom stereocenters. The second-order valence-electron chi connectivity index (χ2n) is 14.6. The highest BCUT2D eigenvalue weighted by Crippen LogP contribution is 2.49. The lowest BCUT2D eigenvalue weighted by Crippen LogP contribution is -2.24. The maximum absolute atomic E-state index is 13.0. The summed E-state index contributed by atoms with van der Waals surface area (Å²) in [4.78, 5) is 36.5. The number of ether oxygens (including phenoxy) is 2. The highest BCUT2D eigenvalue weighted by molar-refractivity contribution is 7.99. The zero-order valence-corrected chi connectivity index (χ0v) is 42.9. The molecular weight excluding hydrogens is 1080 g/mol. The van der Waals surface area contributed by atoms with Crippen LogP contribution in [0.1, 0.15) is 0 Å². The number of hydrogen-bond donors (Lipinski definition) is 8. The first-order valence-corrected chi connectivity index (χ1v) is 27.3. The van der Waals surface area contributed by atoms with Gasteiger partial charge in [0.1, 0.15) is 32.1 Å². The summed E-state index contributed by atoms with van der Waals surface area (Å²) in [6.07, 6.45) is 0. The summed E-state index contributed by atoms with van der Waals surface area (Å²) in [6.45, 7) is 1.71. The summed E-state index contributed by atoms with van der Waals surface area (Å²) in [5.41, 5.74) is -0.304. The van der Waals surface area contributed by atoms with Crippen molar-refractivity contribution in [2.24, 2.45) is 9.98 Å². The average Bonchev–Trinajstić information content (AvgIpc) is 3.31. The fraction of sp³-hybridized carbons (Fsp3) is 0.368. The molecule has 24 nitrogen and oxygen atoms in total. The molecule has 376 valence electrons.